The van der Waals surface area contributed by atoms with Crippen LogP contribution in [0.1, 0.15) is 50.7 Å². The van der Waals surface area contributed by atoms with E-state index in [-0.39, 0.29) is 0 Å². The van der Waals surface area contributed by atoms with Crippen molar-refractivity contribution in [3.63, 3.8) is 0 Å². The fourth-order valence-corrected chi connectivity index (χ4v) is 2.59. The zero-order chi connectivity index (χ0) is 16.8. The number of hydrogen-bond donors (Lipinski definition) is 2. The predicted octanol–water partition coefficient (Wildman–Crippen LogP) is 1.90. The molecule has 0 unspecified atom stereocenters. The summed E-state index contributed by atoms with van der Waals surface area (Å²) in [6.45, 7) is 4.25. The maximum absolute atomic E-state index is 12.0. The Kier molecular flexibility index (Phi) is 5.73. The number of aromatic amines is 2. The van der Waals surface area contributed by atoms with Gasteiger partial charge in [-0.3, -0.25) is 9.97 Å². The standard InChI is InChI=1S/C17H23N3O3/c1-3-5-7-12-9-13(8-6-4-2)11-14(10-12)20-16(22)18-15(21)19-17(20)23/h9-11H,3-8H2,1-2H3,(H2,18,19,21,22,23). The van der Waals surface area contributed by atoms with Crippen molar-refractivity contribution in [2.75, 3.05) is 0 Å². The Hall–Kier alpha value is -2.37. The van der Waals surface area contributed by atoms with Crippen molar-refractivity contribution in [3.05, 3.63) is 60.8 Å². The Balaban J connectivity index is 2.54. The highest BCUT2D eigenvalue weighted by molar-refractivity contribution is 5.40. The predicted molar refractivity (Wildman–Crippen MR) is 90.5 cm³/mol. The van der Waals surface area contributed by atoms with E-state index in [1.165, 1.54) is 0 Å². The van der Waals surface area contributed by atoms with Crippen molar-refractivity contribution < 1.29 is 0 Å². The summed E-state index contributed by atoms with van der Waals surface area (Å²) in [7, 11) is 0. The topological polar surface area (TPSA) is 87.7 Å². The molecule has 0 radical (unpaired) electrons. The van der Waals surface area contributed by atoms with Crippen LogP contribution in [0.2, 0.25) is 0 Å². The maximum atomic E-state index is 12.0. The minimum absolute atomic E-state index is 0.507. The number of H-pyrrole nitrogens is 2. The SMILES string of the molecule is CCCCc1cc(CCCC)cc(-n2c(=O)[nH]c(=O)[nH]c2=O)c1. The quantitative estimate of drug-likeness (QED) is 0.817. The van der Waals surface area contributed by atoms with E-state index in [1.54, 1.807) is 0 Å². The van der Waals surface area contributed by atoms with E-state index in [1.807, 2.05) is 12.1 Å². The van der Waals surface area contributed by atoms with Crippen LogP contribution in [0.25, 0.3) is 5.69 Å². The molecule has 6 nitrogen and oxygen atoms in total. The average Bonchev–Trinajstić information content (AvgIpc) is 2.50. The molecule has 1 aromatic heterocycles. The molecule has 2 aromatic rings. The summed E-state index contributed by atoms with van der Waals surface area (Å²) in [4.78, 5) is 39.4. The zero-order valence-corrected chi connectivity index (χ0v) is 13.6. The lowest BCUT2D eigenvalue weighted by molar-refractivity contribution is 0.762. The van der Waals surface area contributed by atoms with E-state index in [0.29, 0.717) is 5.69 Å². The first-order valence-corrected chi connectivity index (χ1v) is 8.14. The van der Waals surface area contributed by atoms with Gasteiger partial charge in [0.15, 0.2) is 0 Å². The van der Waals surface area contributed by atoms with Crippen LogP contribution in [0.15, 0.2) is 32.6 Å². The molecule has 0 aliphatic carbocycles. The van der Waals surface area contributed by atoms with Gasteiger partial charge in [-0.05, 0) is 48.9 Å². The van der Waals surface area contributed by atoms with Crippen molar-refractivity contribution in [3.8, 4) is 5.69 Å². The van der Waals surface area contributed by atoms with Crippen LogP contribution in [0.5, 0.6) is 0 Å². The van der Waals surface area contributed by atoms with E-state index < -0.39 is 17.1 Å². The van der Waals surface area contributed by atoms with E-state index >= 15 is 0 Å². The molecule has 0 fully saturated rings. The molecule has 1 aromatic carbocycles. The van der Waals surface area contributed by atoms with Gasteiger partial charge in [0.25, 0.3) is 0 Å². The first kappa shape index (κ1) is 17.0. The van der Waals surface area contributed by atoms with E-state index in [0.717, 1.165) is 54.2 Å². The van der Waals surface area contributed by atoms with Crippen molar-refractivity contribution in [1.29, 1.82) is 0 Å². The second-order valence-corrected chi connectivity index (χ2v) is 5.74. The second kappa shape index (κ2) is 7.76. The molecule has 23 heavy (non-hydrogen) atoms. The van der Waals surface area contributed by atoms with Gasteiger partial charge >= 0.3 is 17.1 Å². The van der Waals surface area contributed by atoms with Crippen LogP contribution in [-0.4, -0.2) is 14.5 Å². The lowest BCUT2D eigenvalue weighted by Gasteiger charge is -2.10. The molecule has 6 heteroatoms. The van der Waals surface area contributed by atoms with Gasteiger partial charge in [0.1, 0.15) is 0 Å². The molecule has 2 N–H and O–H groups in total. The van der Waals surface area contributed by atoms with Crippen LogP contribution in [0.4, 0.5) is 0 Å². The van der Waals surface area contributed by atoms with Crippen LogP contribution < -0.4 is 17.1 Å². The van der Waals surface area contributed by atoms with E-state index in [4.69, 9.17) is 0 Å². The number of aryl methyl sites for hydroxylation is 2. The average molecular weight is 317 g/mol. The molecule has 0 saturated carbocycles. The molecule has 124 valence electrons. The molecule has 0 bridgehead atoms. The number of unbranched alkanes of at least 4 members (excludes halogenated alkanes) is 2. The van der Waals surface area contributed by atoms with Gasteiger partial charge in [0.05, 0.1) is 5.69 Å². The molecular formula is C17H23N3O3. The Morgan fingerprint density at radius 3 is 1.74 bits per heavy atom. The Morgan fingerprint density at radius 1 is 0.826 bits per heavy atom. The normalized spacial score (nSPS) is 10.9. The van der Waals surface area contributed by atoms with Crippen LogP contribution >= 0.6 is 0 Å². The van der Waals surface area contributed by atoms with Crippen LogP contribution in [0, 0.1) is 0 Å². The minimum Gasteiger partial charge on any atom is -0.258 e. The third kappa shape index (κ3) is 4.31. The number of benzene rings is 1. The van der Waals surface area contributed by atoms with Gasteiger partial charge in [-0.2, -0.15) is 0 Å². The smallest absolute Gasteiger partial charge is 0.258 e. The molecule has 1 heterocycles. The van der Waals surface area contributed by atoms with Gasteiger partial charge in [0, 0.05) is 0 Å². The van der Waals surface area contributed by atoms with Crippen molar-refractivity contribution in [2.45, 2.75) is 52.4 Å². The van der Waals surface area contributed by atoms with Crippen LogP contribution in [-0.2, 0) is 12.8 Å². The van der Waals surface area contributed by atoms with Gasteiger partial charge in [-0.1, -0.05) is 32.8 Å². The zero-order valence-electron chi connectivity index (χ0n) is 13.6. The van der Waals surface area contributed by atoms with E-state index in [2.05, 4.69) is 29.9 Å². The lowest BCUT2D eigenvalue weighted by atomic mass is 10.0. The minimum atomic E-state index is -0.787. The van der Waals surface area contributed by atoms with E-state index in [9.17, 15) is 14.4 Å². The largest absolute Gasteiger partial charge is 0.338 e. The second-order valence-electron chi connectivity index (χ2n) is 5.74. The first-order chi connectivity index (χ1) is 11.0. The Bertz CT molecular complexity index is 769. The lowest BCUT2D eigenvalue weighted by Crippen LogP contribution is -2.42. The monoisotopic (exact) mass is 317 g/mol. The highest BCUT2D eigenvalue weighted by Crippen LogP contribution is 2.16. The molecule has 0 aliphatic rings. The van der Waals surface area contributed by atoms with Gasteiger partial charge < -0.3 is 0 Å². The summed E-state index contributed by atoms with van der Waals surface area (Å²) in [5, 5.41) is 0. The molecule has 0 aliphatic heterocycles. The summed E-state index contributed by atoms with van der Waals surface area (Å²) in [5.41, 5.74) is 0.498. The van der Waals surface area contributed by atoms with Gasteiger partial charge in [-0.15, -0.1) is 0 Å². The maximum Gasteiger partial charge on any atom is 0.338 e. The molecule has 0 spiro atoms. The third-order valence-electron chi connectivity index (χ3n) is 3.78. The summed E-state index contributed by atoms with van der Waals surface area (Å²) in [5.74, 6) is 0. The molecular weight excluding hydrogens is 294 g/mol. The van der Waals surface area contributed by atoms with Crippen LogP contribution in [0.3, 0.4) is 0 Å². The molecule has 2 rings (SSSR count). The number of nitrogens with one attached hydrogen (secondary N) is 2. The summed E-state index contributed by atoms with van der Waals surface area (Å²) < 4.78 is 0.978. The fraction of sp³-hybridized carbons (Fsp3) is 0.471. The number of nitrogens with zero attached hydrogens (tertiary/aromatic N) is 1. The number of rotatable bonds is 7. The Morgan fingerprint density at radius 2 is 1.30 bits per heavy atom. The van der Waals surface area contributed by atoms with Gasteiger partial charge in [0.2, 0.25) is 0 Å². The van der Waals surface area contributed by atoms with Crippen molar-refractivity contribution in [1.82, 2.24) is 14.5 Å². The van der Waals surface area contributed by atoms with Crippen molar-refractivity contribution >= 4 is 0 Å². The third-order valence-corrected chi connectivity index (χ3v) is 3.78. The van der Waals surface area contributed by atoms with Gasteiger partial charge in [-0.25, -0.2) is 19.0 Å². The Labute approximate surface area is 134 Å². The molecule has 0 amide bonds. The molecule has 0 atom stereocenters. The summed E-state index contributed by atoms with van der Waals surface area (Å²) in [6, 6.07) is 5.83. The first-order valence-electron chi connectivity index (χ1n) is 8.14. The summed E-state index contributed by atoms with van der Waals surface area (Å²) >= 11 is 0. The van der Waals surface area contributed by atoms with Crippen molar-refractivity contribution in [2.24, 2.45) is 0 Å². The highest BCUT2D eigenvalue weighted by Gasteiger charge is 2.09. The fourth-order valence-electron chi connectivity index (χ4n) is 2.59. The molecule has 0 saturated heterocycles. The number of hydrogen-bond acceptors (Lipinski definition) is 3. The highest BCUT2D eigenvalue weighted by atomic mass is 16.2. The summed E-state index contributed by atoms with van der Waals surface area (Å²) in [6.07, 6.45) is 6.06. The number of aromatic nitrogens is 3.